The van der Waals surface area contributed by atoms with Crippen LogP contribution in [0.2, 0.25) is 0 Å². The summed E-state index contributed by atoms with van der Waals surface area (Å²) in [5.74, 6) is -1.26. The number of amides is 2. The second kappa shape index (κ2) is 6.57. The minimum absolute atomic E-state index is 0.131. The molecule has 0 aromatic carbocycles. The molecule has 0 aliphatic heterocycles. The van der Waals surface area contributed by atoms with E-state index in [2.05, 4.69) is 15.6 Å². The fourth-order valence-electron chi connectivity index (χ4n) is 1.22. The summed E-state index contributed by atoms with van der Waals surface area (Å²) in [6, 6.07) is 2.45. The predicted molar refractivity (Wildman–Crippen MR) is 59.8 cm³/mol. The van der Waals surface area contributed by atoms with Crippen LogP contribution in [0.1, 0.15) is 23.7 Å². The van der Waals surface area contributed by atoms with Gasteiger partial charge in [-0.3, -0.25) is 9.59 Å². The van der Waals surface area contributed by atoms with Crippen molar-refractivity contribution in [1.82, 2.24) is 15.6 Å². The number of hydrogen-bond donors (Lipinski definition) is 2. The van der Waals surface area contributed by atoms with Gasteiger partial charge in [0.2, 0.25) is 11.9 Å². The van der Waals surface area contributed by atoms with E-state index in [0.29, 0.717) is 6.54 Å². The molecule has 1 aromatic heterocycles. The monoisotopic (exact) mass is 239 g/mol. The summed E-state index contributed by atoms with van der Waals surface area (Å²) >= 11 is 0. The van der Waals surface area contributed by atoms with E-state index in [1.807, 2.05) is 6.92 Å². The standard InChI is InChI=1S/C11H14FN3O2/c1-2-13-10(16)4-6-15-11(17)8-3-5-14-9(12)7-8/h3,5,7H,2,4,6H2,1H3,(H,13,16)(H,15,17). The highest BCUT2D eigenvalue weighted by molar-refractivity contribution is 5.94. The average molecular weight is 239 g/mol. The molecular weight excluding hydrogens is 225 g/mol. The summed E-state index contributed by atoms with van der Waals surface area (Å²) < 4.78 is 12.7. The maximum atomic E-state index is 12.7. The van der Waals surface area contributed by atoms with Gasteiger partial charge in [0.25, 0.3) is 5.91 Å². The smallest absolute Gasteiger partial charge is 0.251 e. The number of carbonyl (C=O) groups is 2. The van der Waals surface area contributed by atoms with Crippen molar-refractivity contribution in [2.75, 3.05) is 13.1 Å². The number of pyridine rings is 1. The predicted octanol–water partition coefficient (Wildman–Crippen LogP) is 0.477. The fraction of sp³-hybridized carbons (Fsp3) is 0.364. The Morgan fingerprint density at radius 1 is 1.41 bits per heavy atom. The molecule has 1 aromatic rings. The third-order valence-electron chi connectivity index (χ3n) is 2.00. The topological polar surface area (TPSA) is 71.1 Å². The summed E-state index contributed by atoms with van der Waals surface area (Å²) in [6.07, 6.45) is 1.42. The molecule has 0 aliphatic carbocycles. The molecule has 0 bridgehead atoms. The first-order valence-electron chi connectivity index (χ1n) is 5.30. The SMILES string of the molecule is CCNC(=O)CCNC(=O)c1ccnc(F)c1. The number of nitrogens with one attached hydrogen (secondary N) is 2. The van der Waals surface area contributed by atoms with Gasteiger partial charge in [-0.1, -0.05) is 0 Å². The summed E-state index contributed by atoms with van der Waals surface area (Å²) in [4.78, 5) is 25.9. The van der Waals surface area contributed by atoms with Crippen LogP contribution in [0.4, 0.5) is 4.39 Å². The molecule has 1 rings (SSSR count). The number of halogens is 1. The Balaban J connectivity index is 2.38. The van der Waals surface area contributed by atoms with Crippen LogP contribution in [0.3, 0.4) is 0 Å². The number of aromatic nitrogens is 1. The molecule has 0 fully saturated rings. The van der Waals surface area contributed by atoms with Crippen molar-refractivity contribution >= 4 is 11.8 Å². The minimum atomic E-state index is -0.707. The zero-order chi connectivity index (χ0) is 12.7. The lowest BCUT2D eigenvalue weighted by Gasteiger charge is -2.05. The van der Waals surface area contributed by atoms with Gasteiger partial charge in [-0.25, -0.2) is 4.98 Å². The number of nitrogens with zero attached hydrogens (tertiary/aromatic N) is 1. The van der Waals surface area contributed by atoms with E-state index in [4.69, 9.17) is 0 Å². The number of hydrogen-bond acceptors (Lipinski definition) is 3. The van der Waals surface area contributed by atoms with Crippen molar-refractivity contribution in [3.8, 4) is 0 Å². The van der Waals surface area contributed by atoms with Crippen molar-refractivity contribution in [1.29, 1.82) is 0 Å². The molecule has 0 atom stereocenters. The quantitative estimate of drug-likeness (QED) is 0.734. The molecule has 17 heavy (non-hydrogen) atoms. The molecule has 2 amide bonds. The maximum absolute atomic E-state index is 12.7. The molecule has 0 spiro atoms. The van der Waals surface area contributed by atoms with Crippen LogP contribution >= 0.6 is 0 Å². The van der Waals surface area contributed by atoms with E-state index in [-0.39, 0.29) is 24.4 Å². The molecule has 0 saturated heterocycles. The first kappa shape index (κ1) is 13.1. The van der Waals surface area contributed by atoms with Crippen molar-refractivity contribution in [3.63, 3.8) is 0 Å². The van der Waals surface area contributed by atoms with Gasteiger partial charge in [-0.05, 0) is 13.0 Å². The second-order valence-corrected chi connectivity index (χ2v) is 3.33. The lowest BCUT2D eigenvalue weighted by atomic mass is 10.2. The van der Waals surface area contributed by atoms with Crippen molar-refractivity contribution in [3.05, 3.63) is 29.8 Å². The molecule has 6 heteroatoms. The first-order valence-corrected chi connectivity index (χ1v) is 5.30. The van der Waals surface area contributed by atoms with Crippen LogP contribution in [0.5, 0.6) is 0 Å². The zero-order valence-corrected chi connectivity index (χ0v) is 9.50. The summed E-state index contributed by atoms with van der Waals surface area (Å²) in [5.41, 5.74) is 0.188. The third kappa shape index (κ3) is 4.58. The molecule has 1 heterocycles. The van der Waals surface area contributed by atoms with Gasteiger partial charge in [0.15, 0.2) is 0 Å². The molecule has 92 valence electrons. The van der Waals surface area contributed by atoms with Crippen LogP contribution in [0, 0.1) is 5.95 Å². The summed E-state index contributed by atoms with van der Waals surface area (Å²) in [7, 11) is 0. The van der Waals surface area contributed by atoms with Gasteiger partial charge < -0.3 is 10.6 Å². The fourth-order valence-corrected chi connectivity index (χ4v) is 1.22. The third-order valence-corrected chi connectivity index (χ3v) is 2.00. The second-order valence-electron chi connectivity index (χ2n) is 3.33. The van der Waals surface area contributed by atoms with E-state index >= 15 is 0 Å². The van der Waals surface area contributed by atoms with Gasteiger partial charge in [-0.15, -0.1) is 0 Å². The van der Waals surface area contributed by atoms with Gasteiger partial charge in [0.05, 0.1) is 0 Å². The average Bonchev–Trinajstić information content (AvgIpc) is 2.29. The van der Waals surface area contributed by atoms with E-state index < -0.39 is 11.9 Å². The Kier molecular flexibility index (Phi) is 5.06. The lowest BCUT2D eigenvalue weighted by molar-refractivity contribution is -0.120. The van der Waals surface area contributed by atoms with Crippen LogP contribution in [-0.2, 0) is 4.79 Å². The highest BCUT2D eigenvalue weighted by Crippen LogP contribution is 1.99. The van der Waals surface area contributed by atoms with Gasteiger partial charge in [0.1, 0.15) is 0 Å². The molecule has 0 radical (unpaired) electrons. The minimum Gasteiger partial charge on any atom is -0.356 e. The molecule has 5 nitrogen and oxygen atoms in total. The van der Waals surface area contributed by atoms with E-state index in [0.717, 1.165) is 6.07 Å². The Morgan fingerprint density at radius 3 is 2.82 bits per heavy atom. The molecule has 0 saturated carbocycles. The molecule has 0 unspecified atom stereocenters. The van der Waals surface area contributed by atoms with Crippen LogP contribution in [0.15, 0.2) is 18.3 Å². The van der Waals surface area contributed by atoms with E-state index in [9.17, 15) is 14.0 Å². The Labute approximate surface area is 98.4 Å². The van der Waals surface area contributed by atoms with Crippen LogP contribution in [-0.4, -0.2) is 29.9 Å². The largest absolute Gasteiger partial charge is 0.356 e. The molecular formula is C11H14FN3O2. The first-order chi connectivity index (χ1) is 8.13. The Morgan fingerprint density at radius 2 is 2.18 bits per heavy atom. The Bertz CT molecular complexity index is 409. The van der Waals surface area contributed by atoms with Crippen LogP contribution < -0.4 is 10.6 Å². The van der Waals surface area contributed by atoms with Gasteiger partial charge in [0, 0.05) is 37.3 Å². The van der Waals surface area contributed by atoms with Crippen molar-refractivity contribution < 1.29 is 14.0 Å². The highest BCUT2D eigenvalue weighted by atomic mass is 19.1. The maximum Gasteiger partial charge on any atom is 0.251 e. The molecule has 0 aliphatic rings. The van der Waals surface area contributed by atoms with Gasteiger partial charge >= 0.3 is 0 Å². The lowest BCUT2D eigenvalue weighted by Crippen LogP contribution is -2.30. The summed E-state index contributed by atoms with van der Waals surface area (Å²) in [6.45, 7) is 2.59. The highest BCUT2D eigenvalue weighted by Gasteiger charge is 2.07. The van der Waals surface area contributed by atoms with Gasteiger partial charge in [-0.2, -0.15) is 4.39 Å². The van der Waals surface area contributed by atoms with Crippen molar-refractivity contribution in [2.24, 2.45) is 0 Å². The Hall–Kier alpha value is -1.98. The van der Waals surface area contributed by atoms with Crippen molar-refractivity contribution in [2.45, 2.75) is 13.3 Å². The van der Waals surface area contributed by atoms with E-state index in [1.54, 1.807) is 0 Å². The van der Waals surface area contributed by atoms with E-state index in [1.165, 1.54) is 12.3 Å². The molecule has 2 N–H and O–H groups in total. The zero-order valence-electron chi connectivity index (χ0n) is 9.50. The number of rotatable bonds is 5. The number of carbonyl (C=O) groups excluding carboxylic acids is 2. The summed E-state index contributed by atoms with van der Waals surface area (Å²) in [5, 5.41) is 5.13. The normalized spacial score (nSPS) is 9.76. The van der Waals surface area contributed by atoms with Crippen LogP contribution in [0.25, 0.3) is 0 Å².